The Kier molecular flexibility index (Phi) is 5.02. The third-order valence-corrected chi connectivity index (χ3v) is 3.86. The SMILES string of the molecule is CCCC[NH+](C)Cc1cc(=O)oc2cc(O)c(CC)cc12. The number of unbranched alkanes of at least 4 members (excludes halogenated alkanes) is 1. The van der Waals surface area contributed by atoms with Crippen molar-refractivity contribution in [1.29, 1.82) is 0 Å². The number of aromatic hydroxyl groups is 1. The zero-order valence-electron chi connectivity index (χ0n) is 13.0. The van der Waals surface area contributed by atoms with Crippen molar-refractivity contribution in [3.8, 4) is 5.75 Å². The summed E-state index contributed by atoms with van der Waals surface area (Å²) in [6, 6.07) is 5.07. The minimum atomic E-state index is -0.357. The molecule has 4 heteroatoms. The van der Waals surface area contributed by atoms with E-state index in [1.54, 1.807) is 12.1 Å². The van der Waals surface area contributed by atoms with Gasteiger partial charge in [0, 0.05) is 23.1 Å². The second-order valence-corrected chi connectivity index (χ2v) is 5.66. The number of benzene rings is 1. The van der Waals surface area contributed by atoms with Crippen molar-refractivity contribution in [3.63, 3.8) is 0 Å². The standard InChI is InChI=1S/C17H23NO3/c1-4-6-7-18(3)11-13-9-17(20)21-16-10-15(19)12(5-2)8-14(13)16/h8-10,19H,4-7,11H2,1-3H3/p+1. The van der Waals surface area contributed by atoms with Crippen LogP contribution in [0.2, 0.25) is 0 Å². The van der Waals surface area contributed by atoms with E-state index in [1.807, 2.05) is 13.0 Å². The molecule has 0 bridgehead atoms. The van der Waals surface area contributed by atoms with Gasteiger partial charge in [0.1, 0.15) is 17.9 Å². The van der Waals surface area contributed by atoms with Crippen LogP contribution in [0.1, 0.15) is 37.8 Å². The average Bonchev–Trinajstić information content (AvgIpc) is 2.44. The van der Waals surface area contributed by atoms with E-state index in [-0.39, 0.29) is 11.4 Å². The molecule has 0 spiro atoms. The van der Waals surface area contributed by atoms with E-state index in [4.69, 9.17) is 4.42 Å². The molecule has 2 aromatic rings. The van der Waals surface area contributed by atoms with Gasteiger partial charge in [-0.05, 0) is 24.5 Å². The van der Waals surface area contributed by atoms with Gasteiger partial charge < -0.3 is 14.4 Å². The predicted molar refractivity (Wildman–Crippen MR) is 83.9 cm³/mol. The smallest absolute Gasteiger partial charge is 0.336 e. The van der Waals surface area contributed by atoms with Gasteiger partial charge in [0.25, 0.3) is 0 Å². The van der Waals surface area contributed by atoms with Gasteiger partial charge in [-0.2, -0.15) is 0 Å². The van der Waals surface area contributed by atoms with Gasteiger partial charge in [-0.15, -0.1) is 0 Å². The van der Waals surface area contributed by atoms with Crippen LogP contribution >= 0.6 is 0 Å². The lowest BCUT2D eigenvalue weighted by Crippen LogP contribution is -3.07. The molecular weight excluding hydrogens is 266 g/mol. The Hall–Kier alpha value is -1.81. The number of quaternary nitrogens is 1. The summed E-state index contributed by atoms with van der Waals surface area (Å²) < 4.78 is 5.22. The van der Waals surface area contributed by atoms with Crippen molar-refractivity contribution in [2.75, 3.05) is 13.6 Å². The summed E-state index contributed by atoms with van der Waals surface area (Å²) in [5.41, 5.74) is 1.98. The molecule has 0 aliphatic carbocycles. The molecule has 1 heterocycles. The molecule has 1 aromatic carbocycles. The fourth-order valence-corrected chi connectivity index (χ4v) is 2.63. The van der Waals surface area contributed by atoms with Crippen LogP contribution in [-0.4, -0.2) is 18.7 Å². The molecule has 21 heavy (non-hydrogen) atoms. The van der Waals surface area contributed by atoms with Crippen LogP contribution in [0.3, 0.4) is 0 Å². The van der Waals surface area contributed by atoms with Crippen LogP contribution < -0.4 is 10.5 Å². The maximum absolute atomic E-state index is 11.7. The Morgan fingerprint density at radius 1 is 1.19 bits per heavy atom. The molecule has 0 fully saturated rings. The number of rotatable bonds is 6. The summed E-state index contributed by atoms with van der Waals surface area (Å²) in [6.07, 6.45) is 3.09. The van der Waals surface area contributed by atoms with E-state index in [2.05, 4.69) is 14.0 Å². The third kappa shape index (κ3) is 3.64. The summed E-state index contributed by atoms with van der Waals surface area (Å²) in [6.45, 7) is 6.04. The number of phenolic OH excluding ortho intramolecular Hbond substituents is 1. The normalized spacial score (nSPS) is 12.7. The Labute approximate surface area is 125 Å². The number of phenols is 1. The molecule has 2 rings (SSSR count). The molecule has 4 nitrogen and oxygen atoms in total. The predicted octanol–water partition coefficient (Wildman–Crippen LogP) is 1.88. The zero-order chi connectivity index (χ0) is 15.4. The number of aryl methyl sites for hydroxylation is 1. The highest BCUT2D eigenvalue weighted by atomic mass is 16.4. The zero-order valence-corrected chi connectivity index (χ0v) is 13.0. The Morgan fingerprint density at radius 3 is 2.62 bits per heavy atom. The van der Waals surface area contributed by atoms with E-state index in [1.165, 1.54) is 17.7 Å². The molecule has 2 N–H and O–H groups in total. The van der Waals surface area contributed by atoms with Crippen molar-refractivity contribution < 1.29 is 14.4 Å². The van der Waals surface area contributed by atoms with Gasteiger partial charge in [0.05, 0.1) is 13.6 Å². The summed E-state index contributed by atoms with van der Waals surface area (Å²) in [4.78, 5) is 13.1. The molecule has 0 aliphatic heterocycles. The lowest BCUT2D eigenvalue weighted by atomic mass is 10.0. The van der Waals surface area contributed by atoms with Gasteiger partial charge in [-0.3, -0.25) is 0 Å². The summed E-state index contributed by atoms with van der Waals surface area (Å²) in [5.74, 6) is 0.192. The molecule has 0 aliphatic rings. The first-order valence-electron chi connectivity index (χ1n) is 7.65. The van der Waals surface area contributed by atoms with E-state index in [0.29, 0.717) is 5.58 Å². The first-order valence-corrected chi connectivity index (χ1v) is 7.65. The van der Waals surface area contributed by atoms with E-state index >= 15 is 0 Å². The first-order chi connectivity index (χ1) is 10.0. The molecule has 1 unspecified atom stereocenters. The van der Waals surface area contributed by atoms with Crippen molar-refractivity contribution in [2.24, 2.45) is 0 Å². The topological polar surface area (TPSA) is 54.9 Å². The summed E-state index contributed by atoms with van der Waals surface area (Å²) in [5, 5.41) is 10.9. The quantitative estimate of drug-likeness (QED) is 0.799. The van der Waals surface area contributed by atoms with Crippen molar-refractivity contribution in [1.82, 2.24) is 0 Å². The van der Waals surface area contributed by atoms with Crippen LogP contribution in [0.4, 0.5) is 0 Å². The average molecular weight is 290 g/mol. The molecule has 0 radical (unpaired) electrons. The van der Waals surface area contributed by atoms with Gasteiger partial charge in [0.15, 0.2) is 0 Å². The van der Waals surface area contributed by atoms with E-state index in [9.17, 15) is 9.90 Å². The Balaban J connectivity index is 2.44. The molecular formula is C17H24NO3+. The molecule has 0 saturated carbocycles. The highest BCUT2D eigenvalue weighted by molar-refractivity contribution is 5.82. The lowest BCUT2D eigenvalue weighted by Gasteiger charge is -2.15. The molecule has 114 valence electrons. The van der Waals surface area contributed by atoms with Crippen LogP contribution in [0.25, 0.3) is 11.0 Å². The molecule has 0 saturated heterocycles. The van der Waals surface area contributed by atoms with Crippen LogP contribution in [0, 0.1) is 0 Å². The number of nitrogens with one attached hydrogen (secondary N) is 1. The van der Waals surface area contributed by atoms with Gasteiger partial charge in [-0.25, -0.2) is 4.79 Å². The minimum absolute atomic E-state index is 0.192. The molecule has 1 aromatic heterocycles. The fraction of sp³-hybridized carbons (Fsp3) is 0.471. The highest BCUT2D eigenvalue weighted by Crippen LogP contribution is 2.26. The Morgan fingerprint density at radius 2 is 1.95 bits per heavy atom. The van der Waals surface area contributed by atoms with Gasteiger partial charge >= 0.3 is 5.63 Å². The van der Waals surface area contributed by atoms with Crippen molar-refractivity contribution in [2.45, 2.75) is 39.7 Å². The monoisotopic (exact) mass is 290 g/mol. The van der Waals surface area contributed by atoms with Gasteiger partial charge in [-0.1, -0.05) is 20.3 Å². The molecule has 1 atom stereocenters. The largest absolute Gasteiger partial charge is 0.508 e. The van der Waals surface area contributed by atoms with Crippen LogP contribution in [-0.2, 0) is 13.0 Å². The molecule has 0 amide bonds. The first kappa shape index (κ1) is 15.6. The number of hydrogen-bond acceptors (Lipinski definition) is 3. The highest BCUT2D eigenvalue weighted by Gasteiger charge is 2.13. The van der Waals surface area contributed by atoms with Gasteiger partial charge in [0.2, 0.25) is 0 Å². The third-order valence-electron chi connectivity index (χ3n) is 3.86. The van der Waals surface area contributed by atoms with Crippen LogP contribution in [0.15, 0.2) is 27.4 Å². The maximum Gasteiger partial charge on any atom is 0.336 e. The second kappa shape index (κ2) is 6.76. The fourth-order valence-electron chi connectivity index (χ4n) is 2.63. The van der Waals surface area contributed by atoms with E-state index < -0.39 is 0 Å². The number of hydrogen-bond donors (Lipinski definition) is 2. The minimum Gasteiger partial charge on any atom is -0.508 e. The van der Waals surface area contributed by atoms with Crippen LogP contribution in [0.5, 0.6) is 5.75 Å². The summed E-state index contributed by atoms with van der Waals surface area (Å²) in [7, 11) is 2.14. The second-order valence-electron chi connectivity index (χ2n) is 5.66. The maximum atomic E-state index is 11.7. The summed E-state index contributed by atoms with van der Waals surface area (Å²) >= 11 is 0. The lowest BCUT2D eigenvalue weighted by molar-refractivity contribution is -0.893. The van der Waals surface area contributed by atoms with Crippen molar-refractivity contribution in [3.05, 3.63) is 39.7 Å². The van der Waals surface area contributed by atoms with Crippen molar-refractivity contribution >= 4 is 11.0 Å². The number of fused-ring (bicyclic) bond motifs is 1. The van der Waals surface area contributed by atoms with E-state index in [0.717, 1.165) is 36.0 Å². The Bertz CT molecular complexity index is 676.